The van der Waals surface area contributed by atoms with Gasteiger partial charge in [0.15, 0.2) is 0 Å². The molecule has 0 amide bonds. The van der Waals surface area contributed by atoms with Gasteiger partial charge in [-0.05, 0) is 24.6 Å². The van der Waals surface area contributed by atoms with Crippen molar-refractivity contribution in [3.63, 3.8) is 0 Å². The average molecular weight is 236 g/mol. The van der Waals surface area contributed by atoms with Crippen LogP contribution in [0.3, 0.4) is 0 Å². The van der Waals surface area contributed by atoms with E-state index in [2.05, 4.69) is 12.2 Å². The fourth-order valence-corrected chi connectivity index (χ4v) is 1.66. The summed E-state index contributed by atoms with van der Waals surface area (Å²) in [6.07, 6.45) is 4.73. The fraction of sp³-hybridized carbons (Fsp3) is 0.462. The number of carboxylic acid groups (broad SMARTS) is 1. The standard InChI is InChI=1S/C13H20N2O2/c1-2-3-4-5-6-15-12-8-10(13(16)17)7-11(14)9-12/h7-9,15H,2-6,14H2,1H3,(H,16,17). The van der Waals surface area contributed by atoms with Gasteiger partial charge in [0, 0.05) is 17.9 Å². The fourth-order valence-electron chi connectivity index (χ4n) is 1.66. The molecule has 1 aromatic carbocycles. The minimum absolute atomic E-state index is 0.223. The third-order valence-electron chi connectivity index (χ3n) is 2.56. The van der Waals surface area contributed by atoms with Gasteiger partial charge in [0.2, 0.25) is 0 Å². The van der Waals surface area contributed by atoms with E-state index in [0.29, 0.717) is 5.69 Å². The lowest BCUT2D eigenvalue weighted by molar-refractivity contribution is 0.0697. The molecule has 4 N–H and O–H groups in total. The van der Waals surface area contributed by atoms with Crippen LogP contribution in [0.5, 0.6) is 0 Å². The summed E-state index contributed by atoms with van der Waals surface area (Å²) in [6, 6.07) is 4.83. The Hall–Kier alpha value is -1.71. The summed E-state index contributed by atoms with van der Waals surface area (Å²) in [5.41, 5.74) is 7.12. The minimum atomic E-state index is -0.952. The average Bonchev–Trinajstić information content (AvgIpc) is 2.28. The van der Waals surface area contributed by atoms with Gasteiger partial charge in [-0.2, -0.15) is 0 Å². The molecule has 0 heterocycles. The van der Waals surface area contributed by atoms with Gasteiger partial charge in [0.05, 0.1) is 5.56 Å². The van der Waals surface area contributed by atoms with E-state index in [-0.39, 0.29) is 5.56 Å². The SMILES string of the molecule is CCCCCCNc1cc(N)cc(C(=O)O)c1. The van der Waals surface area contributed by atoms with Gasteiger partial charge in [-0.3, -0.25) is 0 Å². The number of benzene rings is 1. The van der Waals surface area contributed by atoms with E-state index in [0.717, 1.165) is 18.7 Å². The third-order valence-corrected chi connectivity index (χ3v) is 2.56. The summed E-state index contributed by atoms with van der Waals surface area (Å²) in [7, 11) is 0. The van der Waals surface area contributed by atoms with Gasteiger partial charge >= 0.3 is 5.97 Å². The van der Waals surface area contributed by atoms with Crippen molar-refractivity contribution in [2.45, 2.75) is 32.6 Å². The Kier molecular flexibility index (Phi) is 5.33. The Bertz CT molecular complexity index is 378. The molecule has 0 saturated carbocycles. The van der Waals surface area contributed by atoms with Gasteiger partial charge in [-0.25, -0.2) is 4.79 Å². The first-order valence-electron chi connectivity index (χ1n) is 6.01. The monoisotopic (exact) mass is 236 g/mol. The highest BCUT2D eigenvalue weighted by Gasteiger charge is 2.05. The molecule has 0 bridgehead atoms. The first kappa shape index (κ1) is 13.4. The van der Waals surface area contributed by atoms with Crippen LogP contribution in [0.1, 0.15) is 43.0 Å². The van der Waals surface area contributed by atoms with Gasteiger partial charge in [0.25, 0.3) is 0 Å². The molecule has 1 rings (SSSR count). The molecule has 0 unspecified atom stereocenters. The predicted molar refractivity (Wildman–Crippen MR) is 70.4 cm³/mol. The molecule has 1 aromatic rings. The summed E-state index contributed by atoms with van der Waals surface area (Å²) in [5.74, 6) is -0.952. The minimum Gasteiger partial charge on any atom is -0.478 e. The maximum atomic E-state index is 10.8. The van der Waals surface area contributed by atoms with Gasteiger partial charge in [-0.1, -0.05) is 26.2 Å². The Morgan fingerprint density at radius 2 is 2.06 bits per heavy atom. The number of carbonyl (C=O) groups is 1. The molecule has 17 heavy (non-hydrogen) atoms. The summed E-state index contributed by atoms with van der Waals surface area (Å²) < 4.78 is 0. The van der Waals surface area contributed by atoms with Crippen LogP contribution in [-0.4, -0.2) is 17.6 Å². The van der Waals surface area contributed by atoms with E-state index in [9.17, 15) is 4.79 Å². The number of carboxylic acids is 1. The Morgan fingerprint density at radius 3 is 2.71 bits per heavy atom. The van der Waals surface area contributed by atoms with Crippen molar-refractivity contribution in [2.24, 2.45) is 0 Å². The molecule has 0 aliphatic heterocycles. The quantitative estimate of drug-likeness (QED) is 0.502. The zero-order chi connectivity index (χ0) is 12.7. The number of nitrogens with one attached hydrogen (secondary N) is 1. The van der Waals surface area contributed by atoms with Crippen LogP contribution in [0.15, 0.2) is 18.2 Å². The van der Waals surface area contributed by atoms with Crippen molar-refractivity contribution in [1.82, 2.24) is 0 Å². The molecule has 4 nitrogen and oxygen atoms in total. The van der Waals surface area contributed by atoms with Crippen LogP contribution in [0.4, 0.5) is 11.4 Å². The van der Waals surface area contributed by atoms with Gasteiger partial charge < -0.3 is 16.2 Å². The highest BCUT2D eigenvalue weighted by atomic mass is 16.4. The van der Waals surface area contributed by atoms with Crippen LogP contribution in [0.2, 0.25) is 0 Å². The maximum Gasteiger partial charge on any atom is 0.335 e. The van der Waals surface area contributed by atoms with Crippen LogP contribution in [0.25, 0.3) is 0 Å². The Labute approximate surface area is 102 Å². The zero-order valence-electron chi connectivity index (χ0n) is 10.2. The molecule has 0 spiro atoms. The normalized spacial score (nSPS) is 10.2. The summed E-state index contributed by atoms with van der Waals surface area (Å²) >= 11 is 0. The van der Waals surface area contributed by atoms with E-state index in [1.807, 2.05) is 0 Å². The second-order valence-corrected chi connectivity index (χ2v) is 4.14. The number of nitrogens with two attached hydrogens (primary N) is 1. The van der Waals surface area contributed by atoms with Crippen molar-refractivity contribution in [2.75, 3.05) is 17.6 Å². The highest BCUT2D eigenvalue weighted by Crippen LogP contribution is 2.16. The first-order chi connectivity index (χ1) is 8.13. The molecular weight excluding hydrogens is 216 g/mol. The molecule has 0 aromatic heterocycles. The van der Waals surface area contributed by atoms with E-state index < -0.39 is 5.97 Å². The molecular formula is C13H20N2O2. The van der Waals surface area contributed by atoms with Gasteiger partial charge in [0.1, 0.15) is 0 Å². The van der Waals surface area contributed by atoms with E-state index in [4.69, 9.17) is 10.8 Å². The largest absolute Gasteiger partial charge is 0.478 e. The summed E-state index contributed by atoms with van der Waals surface area (Å²) in [5, 5.41) is 12.1. The predicted octanol–water partition coefficient (Wildman–Crippen LogP) is 2.96. The van der Waals surface area contributed by atoms with Crippen LogP contribution >= 0.6 is 0 Å². The number of rotatable bonds is 7. The summed E-state index contributed by atoms with van der Waals surface area (Å²) in [6.45, 7) is 3.02. The van der Waals surface area contributed by atoms with Crippen LogP contribution in [0, 0.1) is 0 Å². The molecule has 0 fully saturated rings. The number of aromatic carboxylic acids is 1. The van der Waals surface area contributed by atoms with Crippen molar-refractivity contribution < 1.29 is 9.90 Å². The van der Waals surface area contributed by atoms with E-state index >= 15 is 0 Å². The molecule has 4 heteroatoms. The molecule has 0 aliphatic carbocycles. The Morgan fingerprint density at radius 1 is 1.29 bits per heavy atom. The number of nitrogen functional groups attached to an aromatic ring is 1. The van der Waals surface area contributed by atoms with E-state index in [1.54, 1.807) is 12.1 Å². The van der Waals surface area contributed by atoms with Crippen LogP contribution in [-0.2, 0) is 0 Å². The third kappa shape index (κ3) is 4.76. The van der Waals surface area contributed by atoms with Crippen molar-refractivity contribution >= 4 is 17.3 Å². The second-order valence-electron chi connectivity index (χ2n) is 4.14. The highest BCUT2D eigenvalue weighted by molar-refractivity contribution is 5.90. The second kappa shape index (κ2) is 6.78. The zero-order valence-corrected chi connectivity index (χ0v) is 10.2. The lowest BCUT2D eigenvalue weighted by Crippen LogP contribution is -2.05. The smallest absolute Gasteiger partial charge is 0.335 e. The van der Waals surface area contributed by atoms with Crippen molar-refractivity contribution in [1.29, 1.82) is 0 Å². The molecule has 0 atom stereocenters. The number of anilines is 2. The molecule has 94 valence electrons. The lowest BCUT2D eigenvalue weighted by Gasteiger charge is -2.08. The summed E-state index contributed by atoms with van der Waals surface area (Å²) in [4.78, 5) is 10.8. The van der Waals surface area contributed by atoms with E-state index in [1.165, 1.54) is 25.3 Å². The van der Waals surface area contributed by atoms with Crippen LogP contribution < -0.4 is 11.1 Å². The van der Waals surface area contributed by atoms with Gasteiger partial charge in [-0.15, -0.1) is 0 Å². The molecule has 0 aliphatic rings. The first-order valence-corrected chi connectivity index (χ1v) is 6.01. The number of hydrogen-bond acceptors (Lipinski definition) is 3. The van der Waals surface area contributed by atoms with Crippen molar-refractivity contribution in [3.05, 3.63) is 23.8 Å². The lowest BCUT2D eigenvalue weighted by atomic mass is 10.1. The topological polar surface area (TPSA) is 75.3 Å². The molecule has 0 radical (unpaired) electrons. The Balaban J connectivity index is 2.50. The molecule has 0 saturated heterocycles. The number of hydrogen-bond donors (Lipinski definition) is 3. The maximum absolute atomic E-state index is 10.8. The number of unbranched alkanes of at least 4 members (excludes halogenated alkanes) is 3. The van der Waals surface area contributed by atoms with Crippen molar-refractivity contribution in [3.8, 4) is 0 Å².